The van der Waals surface area contributed by atoms with Crippen LogP contribution in [0.2, 0.25) is 5.02 Å². The lowest BCUT2D eigenvalue weighted by molar-refractivity contribution is 0.944. The molecule has 0 saturated carbocycles. The van der Waals surface area contributed by atoms with Crippen molar-refractivity contribution in [3.05, 3.63) is 64.4 Å². The van der Waals surface area contributed by atoms with E-state index in [1.807, 2.05) is 6.07 Å². The van der Waals surface area contributed by atoms with Gasteiger partial charge in [-0.3, -0.25) is 4.98 Å². The largest absolute Gasteiger partial charge is 0.263 e. The highest BCUT2D eigenvalue weighted by Gasteiger charge is 2.10. The van der Waals surface area contributed by atoms with Crippen LogP contribution in [-0.4, -0.2) is 4.98 Å². The van der Waals surface area contributed by atoms with Crippen LogP contribution >= 0.6 is 27.5 Å². The van der Waals surface area contributed by atoms with Gasteiger partial charge in [0, 0.05) is 17.2 Å². The Labute approximate surface area is 115 Å². The van der Waals surface area contributed by atoms with E-state index in [9.17, 15) is 0 Å². The van der Waals surface area contributed by atoms with Gasteiger partial charge in [-0.05, 0) is 30.5 Å². The summed E-state index contributed by atoms with van der Waals surface area (Å²) in [5, 5.41) is 0.726. The van der Waals surface area contributed by atoms with E-state index in [1.54, 1.807) is 12.4 Å². The second-order valence-corrected chi connectivity index (χ2v) is 5.56. The van der Waals surface area contributed by atoms with Crippen LogP contribution in [0.15, 0.2) is 42.7 Å². The summed E-state index contributed by atoms with van der Waals surface area (Å²) in [7, 11) is 0. The van der Waals surface area contributed by atoms with Gasteiger partial charge in [0.2, 0.25) is 0 Å². The Morgan fingerprint density at radius 3 is 2.59 bits per heavy atom. The van der Waals surface area contributed by atoms with E-state index in [0.29, 0.717) is 0 Å². The molecule has 1 aromatic heterocycles. The fourth-order valence-corrected chi connectivity index (χ4v) is 2.51. The molecule has 0 aliphatic heterocycles. The van der Waals surface area contributed by atoms with Crippen molar-refractivity contribution < 1.29 is 0 Å². The number of halogens is 2. The molecule has 0 aliphatic carbocycles. The highest BCUT2D eigenvalue weighted by atomic mass is 79.9. The number of benzene rings is 1. The Morgan fingerprint density at radius 2 is 1.94 bits per heavy atom. The summed E-state index contributed by atoms with van der Waals surface area (Å²) in [6.07, 6.45) is 4.33. The van der Waals surface area contributed by atoms with Crippen molar-refractivity contribution in [3.63, 3.8) is 0 Å². The Bertz CT molecular complexity index is 496. The zero-order chi connectivity index (χ0) is 12.3. The first kappa shape index (κ1) is 12.6. The van der Waals surface area contributed by atoms with E-state index in [1.165, 1.54) is 11.1 Å². The van der Waals surface area contributed by atoms with Gasteiger partial charge in [0.1, 0.15) is 0 Å². The summed E-state index contributed by atoms with van der Waals surface area (Å²) in [6.45, 7) is 2.09. The molecule has 0 amide bonds. The molecule has 88 valence electrons. The molecule has 2 aromatic rings. The van der Waals surface area contributed by atoms with Crippen molar-refractivity contribution in [1.29, 1.82) is 0 Å². The summed E-state index contributed by atoms with van der Waals surface area (Å²) in [4.78, 5) is 4.27. The number of hydrogen-bond acceptors (Lipinski definition) is 1. The molecule has 0 aliphatic rings. The maximum atomic E-state index is 6.10. The van der Waals surface area contributed by atoms with Crippen LogP contribution in [-0.2, 0) is 6.42 Å². The summed E-state index contributed by atoms with van der Waals surface area (Å²) >= 11 is 9.80. The summed E-state index contributed by atoms with van der Waals surface area (Å²) < 4.78 is 0. The van der Waals surface area contributed by atoms with Gasteiger partial charge in [-0.15, -0.1) is 0 Å². The lowest BCUT2D eigenvalue weighted by atomic mass is 10.0. The monoisotopic (exact) mass is 309 g/mol. The molecule has 0 N–H and O–H groups in total. The van der Waals surface area contributed by atoms with E-state index >= 15 is 0 Å². The van der Waals surface area contributed by atoms with Crippen molar-refractivity contribution in [3.8, 4) is 0 Å². The van der Waals surface area contributed by atoms with Gasteiger partial charge in [-0.25, -0.2) is 0 Å². The van der Waals surface area contributed by atoms with E-state index in [0.717, 1.165) is 17.0 Å². The van der Waals surface area contributed by atoms with E-state index in [2.05, 4.69) is 52.1 Å². The molecule has 2 rings (SSSR count). The standard InChI is InChI=1S/C14H13BrClN/c1-10-2-4-11(5-3-10)13(15)8-12-6-7-17-9-14(12)16/h2-7,9,13H,8H2,1H3. The van der Waals surface area contributed by atoms with Crippen LogP contribution in [0.4, 0.5) is 0 Å². The predicted molar refractivity (Wildman–Crippen MR) is 75.8 cm³/mol. The van der Waals surface area contributed by atoms with E-state index in [-0.39, 0.29) is 4.83 Å². The molecule has 1 atom stereocenters. The van der Waals surface area contributed by atoms with Crippen molar-refractivity contribution in [2.45, 2.75) is 18.2 Å². The molecular weight excluding hydrogens is 298 g/mol. The third kappa shape index (κ3) is 3.30. The van der Waals surface area contributed by atoms with Gasteiger partial charge in [-0.2, -0.15) is 0 Å². The minimum absolute atomic E-state index is 0.281. The van der Waals surface area contributed by atoms with Crippen LogP contribution in [0.1, 0.15) is 21.5 Å². The summed E-state index contributed by atoms with van der Waals surface area (Å²) in [6, 6.07) is 10.5. The first-order valence-corrected chi connectivity index (χ1v) is 6.75. The molecule has 3 heteroatoms. The number of aromatic nitrogens is 1. The Hall–Kier alpha value is -0.860. The second kappa shape index (κ2) is 5.65. The highest BCUT2D eigenvalue weighted by molar-refractivity contribution is 9.09. The number of aryl methyl sites for hydroxylation is 1. The SMILES string of the molecule is Cc1ccc(C(Br)Cc2ccncc2Cl)cc1. The number of alkyl halides is 1. The summed E-state index contributed by atoms with van der Waals surface area (Å²) in [5.74, 6) is 0. The lowest BCUT2D eigenvalue weighted by Gasteiger charge is -2.11. The number of rotatable bonds is 3. The predicted octanol–water partition coefficient (Wildman–Crippen LogP) is 4.72. The van der Waals surface area contributed by atoms with Gasteiger partial charge in [0.15, 0.2) is 0 Å². The van der Waals surface area contributed by atoms with Crippen molar-refractivity contribution in [2.75, 3.05) is 0 Å². The van der Waals surface area contributed by atoms with Crippen LogP contribution in [0.25, 0.3) is 0 Å². The van der Waals surface area contributed by atoms with Gasteiger partial charge >= 0.3 is 0 Å². The Morgan fingerprint density at radius 1 is 1.24 bits per heavy atom. The van der Waals surface area contributed by atoms with Gasteiger partial charge in [0.25, 0.3) is 0 Å². The molecular formula is C14H13BrClN. The first-order valence-electron chi connectivity index (χ1n) is 5.46. The third-order valence-corrected chi connectivity index (χ3v) is 3.89. The van der Waals surface area contributed by atoms with Crippen LogP contribution < -0.4 is 0 Å². The molecule has 1 heterocycles. The quantitative estimate of drug-likeness (QED) is 0.747. The molecule has 0 bridgehead atoms. The van der Waals surface area contributed by atoms with Crippen molar-refractivity contribution in [1.82, 2.24) is 4.98 Å². The fraction of sp³-hybridized carbons (Fsp3) is 0.214. The fourth-order valence-electron chi connectivity index (χ4n) is 1.66. The summed E-state index contributed by atoms with van der Waals surface area (Å²) in [5.41, 5.74) is 3.66. The zero-order valence-corrected chi connectivity index (χ0v) is 11.9. The molecule has 17 heavy (non-hydrogen) atoms. The molecule has 0 saturated heterocycles. The van der Waals surface area contributed by atoms with Gasteiger partial charge in [-0.1, -0.05) is 57.4 Å². The maximum absolute atomic E-state index is 6.10. The average molecular weight is 311 g/mol. The second-order valence-electron chi connectivity index (χ2n) is 4.05. The molecule has 1 unspecified atom stereocenters. The zero-order valence-electron chi connectivity index (χ0n) is 9.53. The van der Waals surface area contributed by atoms with E-state index in [4.69, 9.17) is 11.6 Å². The van der Waals surface area contributed by atoms with Crippen LogP contribution in [0.3, 0.4) is 0 Å². The number of hydrogen-bond donors (Lipinski definition) is 0. The Kier molecular flexibility index (Phi) is 4.19. The van der Waals surface area contributed by atoms with Crippen molar-refractivity contribution in [2.24, 2.45) is 0 Å². The topological polar surface area (TPSA) is 12.9 Å². The normalized spacial score (nSPS) is 12.4. The molecule has 1 aromatic carbocycles. The van der Waals surface area contributed by atoms with Crippen LogP contribution in [0, 0.1) is 6.92 Å². The molecule has 0 radical (unpaired) electrons. The maximum Gasteiger partial charge on any atom is 0.0621 e. The number of pyridine rings is 1. The Balaban J connectivity index is 2.14. The smallest absolute Gasteiger partial charge is 0.0621 e. The van der Waals surface area contributed by atoms with Crippen LogP contribution in [0.5, 0.6) is 0 Å². The minimum Gasteiger partial charge on any atom is -0.263 e. The van der Waals surface area contributed by atoms with Crippen molar-refractivity contribution >= 4 is 27.5 Å². The van der Waals surface area contributed by atoms with Gasteiger partial charge < -0.3 is 0 Å². The van der Waals surface area contributed by atoms with E-state index < -0.39 is 0 Å². The molecule has 1 nitrogen and oxygen atoms in total. The highest BCUT2D eigenvalue weighted by Crippen LogP contribution is 2.29. The number of nitrogens with zero attached hydrogens (tertiary/aromatic N) is 1. The minimum atomic E-state index is 0.281. The van der Waals surface area contributed by atoms with Gasteiger partial charge in [0.05, 0.1) is 5.02 Å². The first-order chi connectivity index (χ1) is 8.16. The lowest BCUT2D eigenvalue weighted by Crippen LogP contribution is -1.96. The molecule has 0 fully saturated rings. The average Bonchev–Trinajstić information content (AvgIpc) is 2.33. The molecule has 0 spiro atoms. The third-order valence-electron chi connectivity index (χ3n) is 2.69.